The van der Waals surface area contributed by atoms with E-state index in [1.807, 2.05) is 29.2 Å². The maximum absolute atomic E-state index is 12.7. The predicted molar refractivity (Wildman–Crippen MR) is 170 cm³/mol. The third-order valence-corrected chi connectivity index (χ3v) is 8.31. The molecule has 0 radical (unpaired) electrons. The van der Waals surface area contributed by atoms with Gasteiger partial charge in [0, 0.05) is 46.3 Å². The average Bonchev–Trinajstić information content (AvgIpc) is 3.82. The van der Waals surface area contributed by atoms with Gasteiger partial charge in [-0.3, -0.25) is 4.79 Å². The lowest BCUT2D eigenvalue weighted by atomic mass is 10.1. The Morgan fingerprint density at radius 1 is 1.20 bits per heavy atom. The molecule has 2 aliphatic rings. The molecular formula is C31H32ClN11O2. The van der Waals surface area contributed by atoms with E-state index in [-0.39, 0.29) is 23.6 Å². The number of nitrogens with zero attached hydrogens (tertiary/aromatic N) is 9. The van der Waals surface area contributed by atoms with Gasteiger partial charge < -0.3 is 30.1 Å². The van der Waals surface area contributed by atoms with E-state index in [4.69, 9.17) is 21.3 Å². The maximum atomic E-state index is 12.7. The Morgan fingerprint density at radius 3 is 2.64 bits per heavy atom. The van der Waals surface area contributed by atoms with E-state index >= 15 is 0 Å². The quantitative estimate of drug-likeness (QED) is 0.282. The molecule has 3 heterocycles. The summed E-state index contributed by atoms with van der Waals surface area (Å²) in [6.07, 6.45) is 3.48. The molecule has 14 heteroatoms. The summed E-state index contributed by atoms with van der Waals surface area (Å²) in [7, 11) is 5.08. The van der Waals surface area contributed by atoms with Crippen molar-refractivity contribution in [2.45, 2.75) is 31.5 Å². The second kappa shape index (κ2) is 12.5. The number of piperazine rings is 1. The zero-order valence-electron chi connectivity index (χ0n) is 25.2. The minimum atomic E-state index is -0.412. The SMILES string of the molecule is COc1ccc(CN(c2nc(Nc3cc(C#N)cc(N4CCNC(C(=O)N(C)C)C4)c3Cl)nn3c(C#N)cnc23)C2CC2)cc1. The van der Waals surface area contributed by atoms with Gasteiger partial charge >= 0.3 is 0 Å². The van der Waals surface area contributed by atoms with Crippen LogP contribution < -0.4 is 25.2 Å². The van der Waals surface area contributed by atoms with Crippen molar-refractivity contribution in [3.05, 3.63) is 64.4 Å². The summed E-state index contributed by atoms with van der Waals surface area (Å²) in [5, 5.41) is 31.1. The van der Waals surface area contributed by atoms with Crippen LogP contribution in [0.4, 0.5) is 23.1 Å². The van der Waals surface area contributed by atoms with Crippen molar-refractivity contribution in [2.24, 2.45) is 0 Å². The number of aromatic nitrogens is 4. The van der Waals surface area contributed by atoms with Gasteiger partial charge in [0.05, 0.1) is 41.3 Å². The Kier molecular flexibility index (Phi) is 8.30. The fourth-order valence-corrected chi connectivity index (χ4v) is 5.72. The molecule has 1 saturated carbocycles. The van der Waals surface area contributed by atoms with Crippen molar-refractivity contribution >= 4 is 46.3 Å². The third kappa shape index (κ3) is 6.13. The number of carbonyl (C=O) groups excluding carboxylic acids is 1. The van der Waals surface area contributed by atoms with E-state index in [0.717, 1.165) is 24.2 Å². The molecule has 45 heavy (non-hydrogen) atoms. The molecule has 230 valence electrons. The summed E-state index contributed by atoms with van der Waals surface area (Å²) >= 11 is 6.98. The lowest BCUT2D eigenvalue weighted by molar-refractivity contribution is -0.130. The third-order valence-electron chi connectivity index (χ3n) is 7.91. The number of rotatable bonds is 9. The van der Waals surface area contributed by atoms with Crippen molar-refractivity contribution in [2.75, 3.05) is 56.0 Å². The molecule has 4 aromatic rings. The van der Waals surface area contributed by atoms with Gasteiger partial charge in [0.15, 0.2) is 17.2 Å². The van der Waals surface area contributed by atoms with Gasteiger partial charge in [0.1, 0.15) is 17.9 Å². The first-order chi connectivity index (χ1) is 21.8. The molecule has 2 fully saturated rings. The maximum Gasteiger partial charge on any atom is 0.247 e. The number of nitrogens with one attached hydrogen (secondary N) is 2. The average molecular weight is 626 g/mol. The first-order valence-electron chi connectivity index (χ1n) is 14.5. The number of ether oxygens (including phenoxy) is 1. The molecule has 1 saturated heterocycles. The zero-order valence-corrected chi connectivity index (χ0v) is 25.9. The van der Waals surface area contributed by atoms with Crippen LogP contribution in [-0.4, -0.2) is 83.3 Å². The highest BCUT2D eigenvalue weighted by molar-refractivity contribution is 6.36. The van der Waals surface area contributed by atoms with Gasteiger partial charge in [0.2, 0.25) is 11.9 Å². The highest BCUT2D eigenvalue weighted by Crippen LogP contribution is 2.38. The molecule has 13 nitrogen and oxygen atoms in total. The van der Waals surface area contributed by atoms with Crippen LogP contribution in [0, 0.1) is 22.7 Å². The Labute approximate surface area is 265 Å². The molecule has 2 N–H and O–H groups in total. The number of nitriles is 2. The Hall–Kier alpha value is -5.11. The van der Waals surface area contributed by atoms with E-state index in [0.29, 0.717) is 59.6 Å². The second-order valence-corrected chi connectivity index (χ2v) is 11.6. The van der Waals surface area contributed by atoms with Crippen LogP contribution in [0.1, 0.15) is 29.7 Å². The normalized spacial score (nSPS) is 16.1. The summed E-state index contributed by atoms with van der Waals surface area (Å²) in [5.41, 5.74) is 3.22. The first-order valence-corrected chi connectivity index (χ1v) is 14.9. The van der Waals surface area contributed by atoms with Gasteiger partial charge in [0.25, 0.3) is 0 Å². The fraction of sp³-hybridized carbons (Fsp3) is 0.355. The number of fused-ring (bicyclic) bond motifs is 1. The highest BCUT2D eigenvalue weighted by Gasteiger charge is 2.33. The number of methoxy groups -OCH3 is 1. The molecule has 1 aliphatic heterocycles. The number of imidazole rings is 1. The summed E-state index contributed by atoms with van der Waals surface area (Å²) in [4.78, 5) is 27.8. The monoisotopic (exact) mass is 625 g/mol. The molecule has 1 aliphatic carbocycles. The van der Waals surface area contributed by atoms with Crippen LogP contribution in [0.25, 0.3) is 5.65 Å². The van der Waals surface area contributed by atoms with E-state index in [2.05, 4.69) is 37.8 Å². The first kappa shape index (κ1) is 29.9. The molecule has 2 aromatic heterocycles. The van der Waals surface area contributed by atoms with Crippen molar-refractivity contribution < 1.29 is 9.53 Å². The van der Waals surface area contributed by atoms with Crippen LogP contribution in [0.15, 0.2) is 42.6 Å². The van der Waals surface area contributed by atoms with Crippen molar-refractivity contribution in [3.8, 4) is 17.9 Å². The summed E-state index contributed by atoms with van der Waals surface area (Å²) in [6.45, 7) is 2.13. The van der Waals surface area contributed by atoms with Gasteiger partial charge in [-0.1, -0.05) is 23.7 Å². The number of benzene rings is 2. The Morgan fingerprint density at radius 2 is 1.98 bits per heavy atom. The summed E-state index contributed by atoms with van der Waals surface area (Å²) < 4.78 is 6.80. The van der Waals surface area contributed by atoms with E-state index < -0.39 is 6.04 Å². The molecule has 1 amide bonds. The van der Waals surface area contributed by atoms with Gasteiger partial charge in [-0.2, -0.15) is 20.0 Å². The van der Waals surface area contributed by atoms with Crippen molar-refractivity contribution in [1.29, 1.82) is 10.5 Å². The minimum absolute atomic E-state index is 0.0386. The number of likely N-dealkylation sites (N-methyl/N-ethyl adjacent to an activating group) is 1. The number of halogens is 1. The van der Waals surface area contributed by atoms with Crippen molar-refractivity contribution in [1.82, 2.24) is 29.8 Å². The number of hydrogen-bond acceptors (Lipinski definition) is 11. The zero-order chi connectivity index (χ0) is 31.7. The largest absolute Gasteiger partial charge is 0.497 e. The predicted octanol–water partition coefficient (Wildman–Crippen LogP) is 3.31. The number of anilines is 4. The smallest absolute Gasteiger partial charge is 0.247 e. The van der Waals surface area contributed by atoms with Gasteiger partial charge in [-0.05, 0) is 42.7 Å². The molecule has 0 spiro atoms. The molecular weight excluding hydrogens is 594 g/mol. The lowest BCUT2D eigenvalue weighted by Gasteiger charge is -2.36. The van der Waals surface area contributed by atoms with Gasteiger partial charge in [-0.25, -0.2) is 4.98 Å². The Bertz CT molecular complexity index is 1820. The van der Waals surface area contributed by atoms with E-state index in [9.17, 15) is 15.3 Å². The molecule has 6 rings (SSSR count). The van der Waals surface area contributed by atoms with Gasteiger partial charge in [-0.15, -0.1) is 5.10 Å². The second-order valence-electron chi connectivity index (χ2n) is 11.2. The van der Waals surface area contributed by atoms with E-state index in [1.165, 1.54) is 10.7 Å². The molecule has 1 atom stereocenters. The van der Waals surface area contributed by atoms with Crippen LogP contribution in [0.3, 0.4) is 0 Å². The van der Waals surface area contributed by atoms with Crippen LogP contribution in [-0.2, 0) is 11.3 Å². The number of carbonyl (C=O) groups is 1. The number of amides is 1. The molecule has 0 bridgehead atoms. The van der Waals surface area contributed by atoms with Crippen LogP contribution >= 0.6 is 11.6 Å². The number of hydrogen-bond donors (Lipinski definition) is 2. The van der Waals surface area contributed by atoms with Crippen LogP contribution in [0.5, 0.6) is 5.75 Å². The molecule has 2 aromatic carbocycles. The Balaban J connectivity index is 1.38. The molecule has 1 unspecified atom stereocenters. The standard InChI is InChI=1S/C31H32ClN11O2/c1-40(2)30(44)25-18-41(11-10-35-25)26-13-20(14-33)12-24(27(26)32)37-31-38-29(28-36-16-22(15-34)43(28)39-31)42(21-6-7-21)17-19-4-8-23(45-3)9-5-19/h4-5,8-9,12-13,16,21,25,35H,6-7,10-11,17-18H2,1-3H3,(H,37,39). The van der Waals surface area contributed by atoms with Crippen molar-refractivity contribution in [3.63, 3.8) is 0 Å². The highest BCUT2D eigenvalue weighted by atomic mass is 35.5. The topological polar surface area (TPSA) is 151 Å². The van der Waals surface area contributed by atoms with E-state index in [1.54, 1.807) is 38.2 Å². The lowest BCUT2D eigenvalue weighted by Crippen LogP contribution is -2.57. The summed E-state index contributed by atoms with van der Waals surface area (Å²) in [5.74, 6) is 1.50. The summed E-state index contributed by atoms with van der Waals surface area (Å²) in [6, 6.07) is 15.4. The fourth-order valence-electron chi connectivity index (χ4n) is 5.44. The van der Waals surface area contributed by atoms with Crippen LogP contribution in [0.2, 0.25) is 5.02 Å². The minimum Gasteiger partial charge on any atom is -0.497 e.